The average molecular weight is 400 g/mol. The van der Waals surface area contributed by atoms with Crippen LogP contribution in [0.25, 0.3) is 0 Å². The highest BCUT2D eigenvalue weighted by atomic mass is 16.5. The molecule has 0 radical (unpaired) electrons. The van der Waals surface area contributed by atoms with E-state index in [4.69, 9.17) is 4.74 Å². The number of hydrogen-bond acceptors (Lipinski definition) is 3. The molecule has 3 heterocycles. The lowest BCUT2D eigenvalue weighted by Crippen LogP contribution is -2.54. The molecule has 1 aromatic rings. The van der Waals surface area contributed by atoms with Gasteiger partial charge in [0.2, 0.25) is 5.91 Å². The summed E-state index contributed by atoms with van der Waals surface area (Å²) in [4.78, 5) is 29.2. The number of rotatable bonds is 3. The summed E-state index contributed by atoms with van der Waals surface area (Å²) >= 11 is 0. The topological polar surface area (TPSA) is 61.9 Å². The first kappa shape index (κ1) is 20.2. The van der Waals surface area contributed by atoms with E-state index < -0.39 is 0 Å². The van der Waals surface area contributed by atoms with Crippen molar-refractivity contribution >= 4 is 17.6 Å². The highest BCUT2D eigenvalue weighted by molar-refractivity contribution is 5.90. The van der Waals surface area contributed by atoms with Crippen LogP contribution >= 0.6 is 0 Å². The number of nitrogens with zero attached hydrogens (tertiary/aromatic N) is 2. The van der Waals surface area contributed by atoms with E-state index in [1.807, 2.05) is 28.9 Å². The van der Waals surface area contributed by atoms with E-state index in [-0.39, 0.29) is 23.5 Å². The van der Waals surface area contributed by atoms with Crippen molar-refractivity contribution in [3.05, 3.63) is 29.3 Å². The summed E-state index contributed by atoms with van der Waals surface area (Å²) in [5.74, 6) is 0.265. The van der Waals surface area contributed by atoms with E-state index in [1.54, 1.807) is 0 Å². The van der Waals surface area contributed by atoms with Gasteiger partial charge in [0.25, 0.3) is 0 Å². The molecular formula is C23H33N3O3. The third-order valence-corrected chi connectivity index (χ3v) is 7.15. The summed E-state index contributed by atoms with van der Waals surface area (Å²) in [6, 6.07) is 5.98. The Bertz CT molecular complexity index is 765. The van der Waals surface area contributed by atoms with Gasteiger partial charge in [0.05, 0.1) is 6.10 Å². The number of ether oxygens (including phenoxy) is 1. The smallest absolute Gasteiger partial charge is 0.321 e. The van der Waals surface area contributed by atoms with Crippen LogP contribution < -0.4 is 5.32 Å². The van der Waals surface area contributed by atoms with Gasteiger partial charge in [0.1, 0.15) is 0 Å². The first-order chi connectivity index (χ1) is 14.0. The Morgan fingerprint density at radius 2 is 2.03 bits per heavy atom. The molecular weight excluding hydrogens is 366 g/mol. The first-order valence-electron chi connectivity index (χ1n) is 11.0. The summed E-state index contributed by atoms with van der Waals surface area (Å²) in [5.41, 5.74) is 3.34. The molecule has 1 aromatic carbocycles. The minimum absolute atomic E-state index is 0.0170. The van der Waals surface area contributed by atoms with Crippen LogP contribution in [-0.4, -0.2) is 60.6 Å². The number of aryl methyl sites for hydroxylation is 1. The van der Waals surface area contributed by atoms with E-state index in [0.29, 0.717) is 6.42 Å². The van der Waals surface area contributed by atoms with Gasteiger partial charge in [0, 0.05) is 44.9 Å². The van der Waals surface area contributed by atoms with Gasteiger partial charge in [-0.15, -0.1) is 0 Å². The second-order valence-electron chi connectivity index (χ2n) is 9.07. The van der Waals surface area contributed by atoms with Gasteiger partial charge in [-0.2, -0.15) is 0 Å². The third-order valence-electron chi connectivity index (χ3n) is 7.15. The maximum absolute atomic E-state index is 12.8. The number of hydrogen-bond donors (Lipinski definition) is 1. The molecule has 29 heavy (non-hydrogen) atoms. The molecule has 3 saturated heterocycles. The van der Waals surface area contributed by atoms with Crippen LogP contribution in [0.3, 0.4) is 0 Å². The van der Waals surface area contributed by atoms with Crippen molar-refractivity contribution in [2.75, 3.05) is 38.1 Å². The maximum atomic E-state index is 12.8. The zero-order valence-electron chi connectivity index (χ0n) is 17.7. The van der Waals surface area contributed by atoms with Crippen molar-refractivity contribution in [1.29, 1.82) is 0 Å². The summed E-state index contributed by atoms with van der Waals surface area (Å²) in [6.45, 7) is 7.97. The van der Waals surface area contributed by atoms with E-state index in [2.05, 4.69) is 18.3 Å². The molecule has 3 amide bonds. The van der Waals surface area contributed by atoms with Gasteiger partial charge in [-0.05, 0) is 68.6 Å². The van der Waals surface area contributed by atoms with Crippen LogP contribution in [0.1, 0.15) is 49.7 Å². The van der Waals surface area contributed by atoms with Gasteiger partial charge in [-0.25, -0.2) is 4.79 Å². The Morgan fingerprint density at radius 1 is 1.24 bits per heavy atom. The van der Waals surface area contributed by atoms with Gasteiger partial charge in [0.15, 0.2) is 0 Å². The molecule has 0 bridgehead atoms. The van der Waals surface area contributed by atoms with Crippen LogP contribution in [0, 0.1) is 19.3 Å². The molecule has 1 unspecified atom stereocenters. The molecule has 6 heteroatoms. The summed E-state index contributed by atoms with van der Waals surface area (Å²) < 4.78 is 5.75. The minimum atomic E-state index is -0.0170. The first-order valence-corrected chi connectivity index (χ1v) is 11.0. The van der Waals surface area contributed by atoms with Crippen molar-refractivity contribution in [3.8, 4) is 0 Å². The largest absolute Gasteiger partial charge is 0.376 e. The fraction of sp³-hybridized carbons (Fsp3) is 0.652. The molecule has 0 aliphatic carbocycles. The minimum Gasteiger partial charge on any atom is -0.376 e. The van der Waals surface area contributed by atoms with E-state index >= 15 is 0 Å². The van der Waals surface area contributed by atoms with E-state index in [0.717, 1.165) is 76.1 Å². The maximum Gasteiger partial charge on any atom is 0.321 e. The number of benzene rings is 1. The van der Waals surface area contributed by atoms with Crippen molar-refractivity contribution < 1.29 is 14.3 Å². The van der Waals surface area contributed by atoms with Gasteiger partial charge >= 0.3 is 6.03 Å². The number of likely N-dealkylation sites (tertiary alicyclic amines) is 2. The molecule has 3 fully saturated rings. The zero-order chi connectivity index (χ0) is 20.4. The van der Waals surface area contributed by atoms with E-state index in [1.165, 1.54) is 5.56 Å². The molecule has 1 N–H and O–H groups in total. The number of urea groups is 1. The quantitative estimate of drug-likeness (QED) is 0.843. The molecule has 0 saturated carbocycles. The van der Waals surface area contributed by atoms with Crippen LogP contribution in [0.2, 0.25) is 0 Å². The van der Waals surface area contributed by atoms with Crippen molar-refractivity contribution in [2.24, 2.45) is 5.41 Å². The standard InChI is InChI=1S/C23H33N3O3/c1-17-5-3-7-20(18(17)2)24-22(28)25-12-10-23(11-13-25)9-8-21(27)26(16-23)15-19-6-4-14-29-19/h3,5,7,19H,4,6,8-16H2,1-2H3,(H,24,28). The lowest BCUT2D eigenvalue weighted by molar-refractivity contribution is -0.140. The SMILES string of the molecule is Cc1cccc(NC(=O)N2CCC3(CCC(=O)N(CC4CCCO4)C3)CC2)c1C. The number of amides is 3. The Labute approximate surface area is 173 Å². The van der Waals surface area contributed by atoms with Crippen LogP contribution in [-0.2, 0) is 9.53 Å². The third kappa shape index (κ3) is 4.42. The van der Waals surface area contributed by atoms with Gasteiger partial charge in [-0.3, -0.25) is 4.79 Å². The Hall–Kier alpha value is -2.08. The monoisotopic (exact) mass is 399 g/mol. The summed E-state index contributed by atoms with van der Waals surface area (Å²) in [7, 11) is 0. The van der Waals surface area contributed by atoms with Gasteiger partial charge < -0.3 is 19.9 Å². The molecule has 3 aliphatic heterocycles. The molecule has 1 spiro atoms. The molecule has 158 valence electrons. The van der Waals surface area contributed by atoms with Crippen molar-refractivity contribution in [2.45, 2.75) is 58.5 Å². The molecule has 4 rings (SSSR count). The number of piperidine rings is 2. The normalized spacial score (nSPS) is 24.2. The van der Waals surface area contributed by atoms with Crippen LogP contribution in [0.15, 0.2) is 18.2 Å². The summed E-state index contributed by atoms with van der Waals surface area (Å²) in [6.07, 6.45) is 5.86. The number of carbonyl (C=O) groups is 2. The number of anilines is 1. The fourth-order valence-electron chi connectivity index (χ4n) is 4.98. The molecule has 1 atom stereocenters. The molecule has 0 aromatic heterocycles. The highest BCUT2D eigenvalue weighted by Gasteiger charge is 2.42. The highest BCUT2D eigenvalue weighted by Crippen LogP contribution is 2.40. The Morgan fingerprint density at radius 3 is 2.76 bits per heavy atom. The zero-order valence-corrected chi connectivity index (χ0v) is 17.7. The van der Waals surface area contributed by atoms with Crippen LogP contribution in [0.5, 0.6) is 0 Å². The average Bonchev–Trinajstić information content (AvgIpc) is 3.22. The number of carbonyl (C=O) groups excluding carboxylic acids is 2. The van der Waals surface area contributed by atoms with Crippen LogP contribution in [0.4, 0.5) is 10.5 Å². The molecule has 3 aliphatic rings. The van der Waals surface area contributed by atoms with Crippen molar-refractivity contribution in [3.63, 3.8) is 0 Å². The second-order valence-corrected chi connectivity index (χ2v) is 9.07. The van der Waals surface area contributed by atoms with E-state index in [9.17, 15) is 9.59 Å². The van der Waals surface area contributed by atoms with Gasteiger partial charge in [-0.1, -0.05) is 12.1 Å². The predicted octanol–water partition coefficient (Wildman–Crippen LogP) is 3.72. The predicted molar refractivity (Wildman–Crippen MR) is 113 cm³/mol. The van der Waals surface area contributed by atoms with Crippen molar-refractivity contribution in [1.82, 2.24) is 9.80 Å². The lowest BCUT2D eigenvalue weighted by Gasteiger charge is -2.47. The molecule has 6 nitrogen and oxygen atoms in total. The second kappa shape index (κ2) is 8.34. The fourth-order valence-corrected chi connectivity index (χ4v) is 4.98. The Kier molecular flexibility index (Phi) is 5.81. The summed E-state index contributed by atoms with van der Waals surface area (Å²) in [5, 5.41) is 3.08. The lowest BCUT2D eigenvalue weighted by atomic mass is 9.72. The number of nitrogens with one attached hydrogen (secondary N) is 1. The Balaban J connectivity index is 1.33.